The lowest BCUT2D eigenvalue weighted by atomic mass is 10.1. The van der Waals surface area contributed by atoms with Gasteiger partial charge in [0, 0.05) is 22.9 Å². The van der Waals surface area contributed by atoms with E-state index < -0.39 is 0 Å². The number of hydrogen-bond acceptors (Lipinski definition) is 4. The Hall–Kier alpha value is -3.35. The number of benzene rings is 1. The van der Waals surface area contributed by atoms with Gasteiger partial charge in [-0.15, -0.1) is 0 Å². The van der Waals surface area contributed by atoms with Gasteiger partial charge in [0.1, 0.15) is 5.82 Å². The van der Waals surface area contributed by atoms with E-state index in [1.165, 1.54) is 12.1 Å². The van der Waals surface area contributed by atoms with E-state index in [9.17, 15) is 9.18 Å². The van der Waals surface area contributed by atoms with Crippen molar-refractivity contribution in [1.29, 1.82) is 0 Å². The van der Waals surface area contributed by atoms with Crippen molar-refractivity contribution in [3.8, 4) is 0 Å². The van der Waals surface area contributed by atoms with Crippen LogP contribution < -0.4 is 5.32 Å². The molecule has 4 rings (SSSR count). The van der Waals surface area contributed by atoms with Crippen molar-refractivity contribution in [1.82, 2.24) is 19.7 Å². The fourth-order valence-electron chi connectivity index (χ4n) is 3.05. The van der Waals surface area contributed by atoms with E-state index in [2.05, 4.69) is 20.4 Å². The zero-order valence-electron chi connectivity index (χ0n) is 15.2. The smallest absolute Gasteiger partial charge is 0.257 e. The number of halogens is 1. The van der Waals surface area contributed by atoms with Crippen molar-refractivity contribution in [3.05, 3.63) is 59.8 Å². The van der Waals surface area contributed by atoms with Crippen LogP contribution in [0.2, 0.25) is 0 Å². The number of carbonyl (C=O) groups excluding carboxylic acids is 1. The summed E-state index contributed by atoms with van der Waals surface area (Å²) in [5.41, 5.74) is 2.84. The number of nitrogens with one attached hydrogen (secondary N) is 1. The number of hydrogen-bond donors (Lipinski definition) is 1. The van der Waals surface area contributed by atoms with Crippen LogP contribution in [0.1, 0.15) is 35.9 Å². The number of aromatic nitrogens is 4. The van der Waals surface area contributed by atoms with Gasteiger partial charge in [0.15, 0.2) is 5.65 Å². The Balaban J connectivity index is 1.65. The van der Waals surface area contributed by atoms with Crippen LogP contribution in [-0.2, 0) is 0 Å². The van der Waals surface area contributed by atoms with Gasteiger partial charge in [-0.2, -0.15) is 5.10 Å². The SMILES string of the molecule is Cc1nc2cc(F)ccc2cc1C(=O)Nc1cnc2c(cnn2C(C)C)c1. The summed E-state index contributed by atoms with van der Waals surface area (Å²) in [5, 5.41) is 8.74. The molecule has 136 valence electrons. The Morgan fingerprint density at radius 2 is 1.96 bits per heavy atom. The molecule has 1 N–H and O–H groups in total. The van der Waals surface area contributed by atoms with Crippen LogP contribution in [0.25, 0.3) is 21.9 Å². The van der Waals surface area contributed by atoms with Crippen LogP contribution in [0.3, 0.4) is 0 Å². The number of anilines is 1. The molecule has 0 aliphatic carbocycles. The van der Waals surface area contributed by atoms with Crippen LogP contribution in [0.15, 0.2) is 42.7 Å². The molecule has 0 bridgehead atoms. The third-order valence-corrected chi connectivity index (χ3v) is 4.40. The van der Waals surface area contributed by atoms with Crippen LogP contribution in [0.5, 0.6) is 0 Å². The summed E-state index contributed by atoms with van der Waals surface area (Å²) in [4.78, 5) is 21.5. The predicted octanol–water partition coefficient (Wildman–Crippen LogP) is 4.26. The number of aryl methyl sites for hydroxylation is 1. The second kappa shape index (κ2) is 6.42. The summed E-state index contributed by atoms with van der Waals surface area (Å²) >= 11 is 0. The van der Waals surface area contributed by atoms with Gasteiger partial charge in [0.25, 0.3) is 5.91 Å². The van der Waals surface area contributed by atoms with E-state index in [0.29, 0.717) is 27.8 Å². The Labute approximate surface area is 155 Å². The molecule has 27 heavy (non-hydrogen) atoms. The lowest BCUT2D eigenvalue weighted by molar-refractivity contribution is 0.102. The lowest BCUT2D eigenvalue weighted by Crippen LogP contribution is -2.14. The lowest BCUT2D eigenvalue weighted by Gasteiger charge is -2.10. The average Bonchev–Trinajstić information content (AvgIpc) is 3.04. The largest absolute Gasteiger partial charge is 0.321 e. The number of rotatable bonds is 3. The van der Waals surface area contributed by atoms with Gasteiger partial charge in [-0.1, -0.05) is 0 Å². The van der Waals surface area contributed by atoms with Gasteiger partial charge >= 0.3 is 0 Å². The highest BCUT2D eigenvalue weighted by Crippen LogP contribution is 2.21. The van der Waals surface area contributed by atoms with E-state index >= 15 is 0 Å². The molecule has 7 heteroatoms. The first-order chi connectivity index (χ1) is 12.9. The maximum atomic E-state index is 13.4. The molecule has 3 heterocycles. The molecule has 4 aromatic rings. The fraction of sp³-hybridized carbons (Fsp3) is 0.200. The normalized spacial score (nSPS) is 11.4. The van der Waals surface area contributed by atoms with E-state index in [-0.39, 0.29) is 17.8 Å². The fourth-order valence-corrected chi connectivity index (χ4v) is 3.05. The van der Waals surface area contributed by atoms with Crippen LogP contribution in [0, 0.1) is 12.7 Å². The average molecular weight is 363 g/mol. The van der Waals surface area contributed by atoms with Crippen LogP contribution in [0.4, 0.5) is 10.1 Å². The predicted molar refractivity (Wildman–Crippen MR) is 102 cm³/mol. The molecule has 1 amide bonds. The number of fused-ring (bicyclic) bond motifs is 2. The summed E-state index contributed by atoms with van der Waals surface area (Å²) in [5.74, 6) is -0.642. The zero-order chi connectivity index (χ0) is 19.1. The van der Waals surface area contributed by atoms with Crippen molar-refractivity contribution in [3.63, 3.8) is 0 Å². The minimum Gasteiger partial charge on any atom is -0.321 e. The number of pyridine rings is 2. The number of carbonyl (C=O) groups is 1. The molecule has 0 spiro atoms. The second-order valence-corrected chi connectivity index (χ2v) is 6.73. The third kappa shape index (κ3) is 3.12. The summed E-state index contributed by atoms with van der Waals surface area (Å²) < 4.78 is 15.2. The standard InChI is InChI=1S/C20H18FN5O/c1-11(2)26-19-14(9-23-26)6-16(10-22-19)25-20(27)17-7-13-4-5-15(21)8-18(13)24-12(17)3/h4-11H,1-3H3,(H,25,27). The van der Waals surface area contributed by atoms with Gasteiger partial charge in [0.2, 0.25) is 0 Å². The number of amides is 1. The molecule has 0 aliphatic rings. The highest BCUT2D eigenvalue weighted by atomic mass is 19.1. The molecule has 0 saturated carbocycles. The van der Waals surface area contributed by atoms with E-state index in [1.54, 1.807) is 31.5 Å². The minimum absolute atomic E-state index is 0.201. The first kappa shape index (κ1) is 17.1. The number of nitrogens with zero attached hydrogens (tertiary/aromatic N) is 4. The molecule has 0 saturated heterocycles. The first-order valence-corrected chi connectivity index (χ1v) is 8.64. The maximum Gasteiger partial charge on any atom is 0.257 e. The van der Waals surface area contributed by atoms with Crippen molar-refractivity contribution in [2.45, 2.75) is 26.8 Å². The van der Waals surface area contributed by atoms with Gasteiger partial charge in [-0.25, -0.2) is 14.1 Å². The topological polar surface area (TPSA) is 72.7 Å². The molecule has 0 aliphatic heterocycles. The van der Waals surface area contributed by atoms with E-state index in [1.807, 2.05) is 24.6 Å². The molecule has 0 unspecified atom stereocenters. The summed E-state index contributed by atoms with van der Waals surface area (Å²) in [7, 11) is 0. The van der Waals surface area contributed by atoms with Crippen molar-refractivity contribution >= 4 is 33.5 Å². The van der Waals surface area contributed by atoms with Crippen molar-refractivity contribution in [2.24, 2.45) is 0 Å². The van der Waals surface area contributed by atoms with Gasteiger partial charge in [-0.3, -0.25) is 9.78 Å². The Morgan fingerprint density at radius 3 is 2.74 bits per heavy atom. The Kier molecular flexibility index (Phi) is 4.07. The maximum absolute atomic E-state index is 13.4. The Bertz CT molecular complexity index is 1180. The van der Waals surface area contributed by atoms with Crippen LogP contribution >= 0.6 is 0 Å². The van der Waals surface area contributed by atoms with E-state index in [0.717, 1.165) is 11.0 Å². The summed E-state index contributed by atoms with van der Waals surface area (Å²) in [6.45, 7) is 5.80. The zero-order valence-corrected chi connectivity index (χ0v) is 15.2. The molecular weight excluding hydrogens is 345 g/mol. The molecule has 0 radical (unpaired) electrons. The van der Waals surface area contributed by atoms with Gasteiger partial charge in [0.05, 0.1) is 34.9 Å². The molecule has 0 atom stereocenters. The minimum atomic E-state index is -0.354. The summed E-state index contributed by atoms with van der Waals surface area (Å²) in [6, 6.07) is 8.08. The van der Waals surface area contributed by atoms with Gasteiger partial charge in [-0.05, 0) is 45.0 Å². The second-order valence-electron chi connectivity index (χ2n) is 6.73. The van der Waals surface area contributed by atoms with E-state index in [4.69, 9.17) is 0 Å². The molecule has 3 aromatic heterocycles. The summed E-state index contributed by atoms with van der Waals surface area (Å²) in [6.07, 6.45) is 3.34. The van der Waals surface area contributed by atoms with Crippen molar-refractivity contribution < 1.29 is 9.18 Å². The first-order valence-electron chi connectivity index (χ1n) is 8.64. The van der Waals surface area contributed by atoms with Gasteiger partial charge < -0.3 is 5.32 Å². The molecule has 6 nitrogen and oxygen atoms in total. The third-order valence-electron chi connectivity index (χ3n) is 4.40. The molecule has 0 fully saturated rings. The quantitative estimate of drug-likeness (QED) is 0.590. The highest BCUT2D eigenvalue weighted by molar-refractivity contribution is 6.07. The highest BCUT2D eigenvalue weighted by Gasteiger charge is 2.14. The molecular formula is C20H18FN5O. The van der Waals surface area contributed by atoms with Crippen molar-refractivity contribution in [2.75, 3.05) is 5.32 Å². The molecule has 1 aromatic carbocycles. The monoisotopic (exact) mass is 363 g/mol. The Morgan fingerprint density at radius 1 is 1.15 bits per heavy atom. The van der Waals surface area contributed by atoms with Crippen LogP contribution in [-0.4, -0.2) is 25.7 Å².